The quantitative estimate of drug-likeness (QED) is 0.717. The number of nitrogens with zero attached hydrogens (tertiary/aromatic N) is 3. The van der Waals surface area contributed by atoms with E-state index in [1.54, 1.807) is 25.4 Å². The first kappa shape index (κ1) is 16.9. The van der Waals surface area contributed by atoms with Crippen molar-refractivity contribution in [1.82, 2.24) is 15.0 Å². The lowest BCUT2D eigenvalue weighted by Gasteiger charge is -2.15. The molecule has 0 aliphatic heterocycles. The molecule has 7 nitrogen and oxygen atoms in total. The average Bonchev–Trinajstić information content (AvgIpc) is 3.31. The zero-order valence-electron chi connectivity index (χ0n) is 14.3. The number of carbonyl (C=O) groups excluding carboxylic acids is 1. The molecule has 3 heterocycles. The molecule has 1 amide bonds. The third-order valence-electron chi connectivity index (χ3n) is 4.49. The fourth-order valence-electron chi connectivity index (χ4n) is 3.15. The van der Waals surface area contributed by atoms with Gasteiger partial charge in [-0.25, -0.2) is 15.0 Å². The lowest BCUT2D eigenvalue weighted by atomic mass is 10.2. The predicted molar refractivity (Wildman–Crippen MR) is 102 cm³/mol. The topological polar surface area (TPSA) is 89.0 Å². The minimum atomic E-state index is -0.372. The highest BCUT2D eigenvalue weighted by Crippen LogP contribution is 2.29. The Morgan fingerprint density at radius 1 is 1.27 bits per heavy atom. The maximum absolute atomic E-state index is 12.5. The number of fused-ring (bicyclic) bond motifs is 1. The van der Waals surface area contributed by atoms with Crippen molar-refractivity contribution in [2.24, 2.45) is 0 Å². The highest BCUT2D eigenvalue weighted by Gasteiger charge is 2.26. The molecular formula is C18H19N5O2S. The third-order valence-corrected chi connectivity index (χ3v) is 5.30. The van der Waals surface area contributed by atoms with E-state index in [9.17, 15) is 4.79 Å². The second kappa shape index (κ2) is 7.35. The lowest BCUT2D eigenvalue weighted by Crippen LogP contribution is -2.21. The summed E-state index contributed by atoms with van der Waals surface area (Å²) in [5.41, 5.74) is 0. The second-order valence-corrected chi connectivity index (χ2v) is 7.11. The van der Waals surface area contributed by atoms with Crippen LogP contribution in [-0.2, 0) is 4.74 Å². The average molecular weight is 369 g/mol. The smallest absolute Gasteiger partial charge is 0.294 e. The number of rotatable bonds is 5. The molecule has 3 aromatic rings. The second-order valence-electron chi connectivity index (χ2n) is 6.22. The van der Waals surface area contributed by atoms with E-state index in [1.807, 2.05) is 17.5 Å². The molecule has 26 heavy (non-hydrogen) atoms. The van der Waals surface area contributed by atoms with Crippen molar-refractivity contribution in [3.63, 3.8) is 0 Å². The number of carbonyl (C=O) groups is 1. The van der Waals surface area contributed by atoms with Crippen LogP contribution in [0, 0.1) is 0 Å². The van der Waals surface area contributed by atoms with Gasteiger partial charge in [0.2, 0.25) is 5.82 Å². The van der Waals surface area contributed by atoms with E-state index in [2.05, 4.69) is 25.6 Å². The Bertz CT molecular complexity index is 914. The van der Waals surface area contributed by atoms with Crippen molar-refractivity contribution in [3.05, 3.63) is 41.7 Å². The van der Waals surface area contributed by atoms with Crippen molar-refractivity contribution in [3.8, 4) is 0 Å². The third kappa shape index (κ3) is 3.51. The van der Waals surface area contributed by atoms with Crippen LogP contribution in [0.2, 0.25) is 0 Å². The van der Waals surface area contributed by atoms with Crippen LogP contribution in [0.15, 0.2) is 35.8 Å². The first-order valence-corrected chi connectivity index (χ1v) is 9.38. The summed E-state index contributed by atoms with van der Waals surface area (Å²) in [5, 5.41) is 9.10. The van der Waals surface area contributed by atoms with Gasteiger partial charge in [0.1, 0.15) is 16.5 Å². The van der Waals surface area contributed by atoms with E-state index in [1.165, 1.54) is 11.3 Å². The molecule has 0 spiro atoms. The number of hydrogen-bond acceptors (Lipinski definition) is 7. The molecule has 0 bridgehead atoms. The standard InChI is InChI=1S/C18H19N5O2S/c1-25-12-6-5-11(10-12)20-15-13-7-9-26-18(13)23-16(22-15)17(24)21-14-4-2-3-8-19-14/h2-4,7-9,11-12H,5-6,10H2,1H3,(H,19,21,24)(H,20,22,23)/t11-,12+/m1/s1. The summed E-state index contributed by atoms with van der Waals surface area (Å²) in [5.74, 6) is 0.933. The minimum absolute atomic E-state index is 0.134. The largest absolute Gasteiger partial charge is 0.381 e. The van der Waals surface area contributed by atoms with E-state index in [-0.39, 0.29) is 23.9 Å². The van der Waals surface area contributed by atoms with Crippen LogP contribution in [0.25, 0.3) is 10.2 Å². The monoisotopic (exact) mass is 369 g/mol. The molecule has 8 heteroatoms. The fraction of sp³-hybridized carbons (Fsp3) is 0.333. The van der Waals surface area contributed by atoms with Gasteiger partial charge in [-0.2, -0.15) is 0 Å². The Morgan fingerprint density at radius 3 is 2.96 bits per heavy atom. The number of methoxy groups -OCH3 is 1. The number of aromatic nitrogens is 3. The van der Waals surface area contributed by atoms with Gasteiger partial charge in [-0.15, -0.1) is 11.3 Å². The van der Waals surface area contributed by atoms with Crippen LogP contribution < -0.4 is 10.6 Å². The SMILES string of the molecule is CO[C@H]1CC[C@@H](Nc2nc(C(=O)Nc3ccccn3)nc3sccc23)C1. The fourth-order valence-corrected chi connectivity index (χ4v) is 3.92. The molecule has 0 aromatic carbocycles. The normalized spacial score (nSPS) is 19.6. The summed E-state index contributed by atoms with van der Waals surface area (Å²) in [6.07, 6.45) is 4.88. The Hall–Kier alpha value is -2.58. The van der Waals surface area contributed by atoms with E-state index < -0.39 is 0 Å². The molecular weight excluding hydrogens is 350 g/mol. The number of nitrogens with one attached hydrogen (secondary N) is 2. The lowest BCUT2D eigenvalue weighted by molar-refractivity contribution is 0.101. The van der Waals surface area contributed by atoms with Gasteiger partial charge in [0.05, 0.1) is 11.5 Å². The van der Waals surface area contributed by atoms with Crippen molar-refractivity contribution in [1.29, 1.82) is 0 Å². The van der Waals surface area contributed by atoms with Gasteiger partial charge in [0.15, 0.2) is 0 Å². The molecule has 134 valence electrons. The molecule has 0 radical (unpaired) electrons. The number of amides is 1. The van der Waals surface area contributed by atoms with Crippen LogP contribution in [0.1, 0.15) is 29.9 Å². The first-order chi connectivity index (χ1) is 12.7. The number of thiophene rings is 1. The molecule has 0 unspecified atom stereocenters. The van der Waals surface area contributed by atoms with Crippen molar-refractivity contribution >= 4 is 39.1 Å². The van der Waals surface area contributed by atoms with E-state index in [4.69, 9.17) is 4.74 Å². The Labute approximate surface area is 154 Å². The molecule has 1 saturated carbocycles. The summed E-state index contributed by atoms with van der Waals surface area (Å²) in [7, 11) is 1.74. The number of pyridine rings is 1. The molecule has 2 N–H and O–H groups in total. The van der Waals surface area contributed by atoms with Crippen LogP contribution in [0.5, 0.6) is 0 Å². The summed E-state index contributed by atoms with van der Waals surface area (Å²) in [4.78, 5) is 26.3. The first-order valence-electron chi connectivity index (χ1n) is 8.50. The molecule has 3 aromatic heterocycles. The number of hydrogen-bond donors (Lipinski definition) is 2. The Balaban J connectivity index is 1.59. The highest BCUT2D eigenvalue weighted by atomic mass is 32.1. The van der Waals surface area contributed by atoms with Gasteiger partial charge in [0.25, 0.3) is 5.91 Å². The molecule has 1 aliphatic carbocycles. The maximum Gasteiger partial charge on any atom is 0.294 e. The molecule has 1 aliphatic rings. The summed E-state index contributed by atoms with van der Waals surface area (Å²) < 4.78 is 5.44. The maximum atomic E-state index is 12.5. The summed E-state index contributed by atoms with van der Waals surface area (Å²) >= 11 is 1.49. The summed E-state index contributed by atoms with van der Waals surface area (Å²) in [6, 6.07) is 7.59. The molecule has 1 fully saturated rings. The van der Waals surface area contributed by atoms with E-state index in [0.29, 0.717) is 11.6 Å². The van der Waals surface area contributed by atoms with Crippen LogP contribution in [-0.4, -0.2) is 40.1 Å². The van der Waals surface area contributed by atoms with Crippen molar-refractivity contribution in [2.75, 3.05) is 17.7 Å². The molecule has 0 saturated heterocycles. The minimum Gasteiger partial charge on any atom is -0.381 e. The van der Waals surface area contributed by atoms with Gasteiger partial charge < -0.3 is 15.4 Å². The van der Waals surface area contributed by atoms with E-state index in [0.717, 1.165) is 29.5 Å². The van der Waals surface area contributed by atoms with Gasteiger partial charge in [-0.3, -0.25) is 4.79 Å². The van der Waals surface area contributed by atoms with Crippen molar-refractivity contribution < 1.29 is 9.53 Å². The Morgan fingerprint density at radius 2 is 2.19 bits per heavy atom. The Kier molecular flexibility index (Phi) is 4.77. The van der Waals surface area contributed by atoms with Crippen LogP contribution >= 0.6 is 11.3 Å². The number of ether oxygens (including phenoxy) is 1. The van der Waals surface area contributed by atoms with E-state index >= 15 is 0 Å². The molecule has 2 atom stereocenters. The zero-order valence-corrected chi connectivity index (χ0v) is 15.1. The predicted octanol–water partition coefficient (Wildman–Crippen LogP) is 3.32. The molecule has 4 rings (SSSR count). The highest BCUT2D eigenvalue weighted by molar-refractivity contribution is 7.16. The van der Waals surface area contributed by atoms with Gasteiger partial charge in [-0.05, 0) is 42.8 Å². The number of anilines is 2. The van der Waals surface area contributed by atoms with Gasteiger partial charge >= 0.3 is 0 Å². The van der Waals surface area contributed by atoms with Crippen LogP contribution in [0.3, 0.4) is 0 Å². The zero-order chi connectivity index (χ0) is 17.9. The van der Waals surface area contributed by atoms with Crippen molar-refractivity contribution in [2.45, 2.75) is 31.4 Å². The van der Waals surface area contributed by atoms with Crippen LogP contribution in [0.4, 0.5) is 11.6 Å². The van der Waals surface area contributed by atoms with Gasteiger partial charge in [-0.1, -0.05) is 6.07 Å². The summed E-state index contributed by atoms with van der Waals surface area (Å²) in [6.45, 7) is 0. The van der Waals surface area contributed by atoms with Gasteiger partial charge in [0, 0.05) is 19.3 Å².